The van der Waals surface area contributed by atoms with Crippen LogP contribution in [0.15, 0.2) is 12.3 Å². The summed E-state index contributed by atoms with van der Waals surface area (Å²) in [5.74, 6) is -1.76. The third-order valence-electron chi connectivity index (χ3n) is 5.81. The highest BCUT2D eigenvalue weighted by Gasteiger charge is 2.45. The Morgan fingerprint density at radius 2 is 2.03 bits per heavy atom. The third-order valence-corrected chi connectivity index (χ3v) is 7.07. The van der Waals surface area contributed by atoms with E-state index in [0.717, 1.165) is 31.4 Å². The highest BCUT2D eigenvalue weighted by molar-refractivity contribution is 7.52. The topological polar surface area (TPSA) is 179 Å². The summed E-state index contributed by atoms with van der Waals surface area (Å²) in [6.45, 7) is -1.38. The van der Waals surface area contributed by atoms with Gasteiger partial charge in [0.2, 0.25) is 0 Å². The van der Waals surface area contributed by atoms with E-state index in [2.05, 4.69) is 15.4 Å². The van der Waals surface area contributed by atoms with E-state index in [-0.39, 0.29) is 5.15 Å². The standard InChI is InChI=1S/C18H26ClN4O8P/c19-13-5-11(21-9-3-1-2-4-9)10-6-20-23(17(10)22-13)18-16(26)15(25)12(31-18)8-30-14(7-24)32(27,28)29/h5-6,9,12,14-16,18,24-26H,1-4,7-8H2,(H,21,22)(H2,27,28,29)/t12-,14?,15-,16-,18+/m1/s1. The first kappa shape index (κ1) is 23.8. The van der Waals surface area contributed by atoms with Crippen molar-refractivity contribution in [3.05, 3.63) is 17.4 Å². The van der Waals surface area contributed by atoms with E-state index in [0.29, 0.717) is 17.1 Å². The molecule has 0 bridgehead atoms. The van der Waals surface area contributed by atoms with Crippen LogP contribution in [0.25, 0.3) is 11.0 Å². The summed E-state index contributed by atoms with van der Waals surface area (Å²) in [4.78, 5) is 22.7. The smallest absolute Gasteiger partial charge is 0.356 e. The first-order valence-electron chi connectivity index (χ1n) is 10.3. The van der Waals surface area contributed by atoms with Crippen LogP contribution in [-0.2, 0) is 14.0 Å². The van der Waals surface area contributed by atoms with Crippen LogP contribution in [0.4, 0.5) is 5.69 Å². The van der Waals surface area contributed by atoms with Gasteiger partial charge in [-0.1, -0.05) is 24.4 Å². The number of rotatable bonds is 8. The zero-order valence-electron chi connectivity index (χ0n) is 17.0. The van der Waals surface area contributed by atoms with E-state index in [9.17, 15) is 24.6 Å². The van der Waals surface area contributed by atoms with Gasteiger partial charge in [0.1, 0.15) is 23.5 Å². The van der Waals surface area contributed by atoms with E-state index in [1.807, 2.05) is 0 Å². The SMILES string of the molecule is O=P(O)(O)C(CO)OC[C@H]1O[C@H](n2ncc3c(NC4CCCC4)cc(Cl)nc32)[C@H](O)[C@@H]1O. The number of anilines is 1. The van der Waals surface area contributed by atoms with E-state index in [1.165, 1.54) is 4.68 Å². The summed E-state index contributed by atoms with van der Waals surface area (Å²) >= 11 is 6.22. The second-order valence-corrected chi connectivity index (χ2v) is 10.2. The third kappa shape index (κ3) is 4.79. The van der Waals surface area contributed by atoms with Crippen LogP contribution in [0.1, 0.15) is 31.9 Å². The molecular weight excluding hydrogens is 467 g/mol. The van der Waals surface area contributed by atoms with E-state index in [1.54, 1.807) is 12.3 Å². The molecule has 14 heteroatoms. The number of hydrogen-bond acceptors (Lipinski definition) is 9. The minimum Gasteiger partial charge on any atom is -0.393 e. The number of halogens is 1. The molecule has 1 unspecified atom stereocenters. The number of fused-ring (bicyclic) bond motifs is 1. The van der Waals surface area contributed by atoms with Crippen LogP contribution >= 0.6 is 19.2 Å². The first-order chi connectivity index (χ1) is 15.2. The van der Waals surface area contributed by atoms with Crippen LogP contribution < -0.4 is 5.32 Å². The number of hydrogen-bond donors (Lipinski definition) is 6. The molecule has 1 aliphatic heterocycles. The molecule has 2 aromatic heterocycles. The minimum absolute atomic E-state index is 0.222. The van der Waals surface area contributed by atoms with Gasteiger partial charge in [-0.25, -0.2) is 9.67 Å². The Labute approximate surface area is 188 Å². The maximum absolute atomic E-state index is 11.3. The Morgan fingerprint density at radius 1 is 1.31 bits per heavy atom. The summed E-state index contributed by atoms with van der Waals surface area (Å²) in [5.41, 5.74) is 1.11. The summed E-state index contributed by atoms with van der Waals surface area (Å²) in [6, 6.07) is 2.04. The van der Waals surface area contributed by atoms with Crippen molar-refractivity contribution in [1.29, 1.82) is 0 Å². The quantitative estimate of drug-likeness (QED) is 0.224. The molecular formula is C18H26ClN4O8P. The fraction of sp³-hybridized carbons (Fsp3) is 0.667. The minimum atomic E-state index is -4.71. The van der Waals surface area contributed by atoms with E-state index in [4.69, 9.17) is 26.2 Å². The average molecular weight is 493 g/mol. The summed E-state index contributed by atoms with van der Waals surface area (Å²) in [7, 11) is -4.71. The summed E-state index contributed by atoms with van der Waals surface area (Å²) in [6.07, 6.45) is 0.885. The maximum atomic E-state index is 11.3. The number of aromatic nitrogens is 3. The van der Waals surface area contributed by atoms with Crippen molar-refractivity contribution in [1.82, 2.24) is 14.8 Å². The average Bonchev–Trinajstić information content (AvgIpc) is 3.44. The zero-order chi connectivity index (χ0) is 23.0. The van der Waals surface area contributed by atoms with Gasteiger partial charge in [-0.3, -0.25) is 4.57 Å². The molecule has 5 atom stereocenters. The molecule has 12 nitrogen and oxygen atoms in total. The second-order valence-electron chi connectivity index (χ2n) is 8.05. The monoisotopic (exact) mass is 492 g/mol. The Hall–Kier alpha value is -1.34. The van der Waals surface area contributed by atoms with Gasteiger partial charge < -0.3 is 39.9 Å². The van der Waals surface area contributed by atoms with Gasteiger partial charge in [-0.05, 0) is 18.9 Å². The molecule has 4 rings (SSSR count). The molecule has 2 aliphatic rings. The van der Waals surface area contributed by atoms with Gasteiger partial charge in [0, 0.05) is 6.04 Å². The molecule has 32 heavy (non-hydrogen) atoms. The van der Waals surface area contributed by atoms with Gasteiger partial charge in [0.05, 0.1) is 30.5 Å². The highest BCUT2D eigenvalue weighted by Crippen LogP contribution is 2.42. The lowest BCUT2D eigenvalue weighted by Crippen LogP contribution is -2.35. The Balaban J connectivity index is 1.54. The van der Waals surface area contributed by atoms with Gasteiger partial charge in [-0.2, -0.15) is 5.10 Å². The van der Waals surface area contributed by atoms with Gasteiger partial charge >= 0.3 is 7.60 Å². The number of pyridine rings is 1. The number of nitrogens with zero attached hydrogens (tertiary/aromatic N) is 3. The molecule has 1 aliphatic carbocycles. The molecule has 178 valence electrons. The van der Waals surface area contributed by atoms with Crippen LogP contribution in [0.2, 0.25) is 5.15 Å². The fourth-order valence-corrected chi connectivity index (χ4v) is 4.80. The zero-order valence-corrected chi connectivity index (χ0v) is 18.6. The molecule has 2 aromatic rings. The second kappa shape index (κ2) is 9.49. The van der Waals surface area contributed by atoms with Crippen molar-refractivity contribution in [2.75, 3.05) is 18.5 Å². The number of ether oxygens (including phenoxy) is 2. The van der Waals surface area contributed by atoms with E-state index >= 15 is 0 Å². The lowest BCUT2D eigenvalue weighted by atomic mass is 10.1. The van der Waals surface area contributed by atoms with Crippen molar-refractivity contribution in [3.63, 3.8) is 0 Å². The van der Waals surface area contributed by atoms with Crippen LogP contribution in [-0.4, -0.2) is 83.3 Å². The number of aliphatic hydroxyl groups is 3. The molecule has 2 fully saturated rings. The van der Waals surface area contributed by atoms with Crippen molar-refractivity contribution in [2.24, 2.45) is 0 Å². The van der Waals surface area contributed by atoms with Crippen LogP contribution in [0.3, 0.4) is 0 Å². The Morgan fingerprint density at radius 3 is 2.69 bits per heavy atom. The van der Waals surface area contributed by atoms with Gasteiger partial charge in [0.25, 0.3) is 0 Å². The molecule has 0 amide bonds. The highest BCUT2D eigenvalue weighted by atomic mass is 35.5. The Kier molecular flexibility index (Phi) is 7.06. The van der Waals surface area contributed by atoms with Crippen LogP contribution in [0.5, 0.6) is 0 Å². The summed E-state index contributed by atoms with van der Waals surface area (Å²) in [5, 5.41) is 38.7. The predicted octanol–water partition coefficient (Wildman–Crippen LogP) is 0.571. The summed E-state index contributed by atoms with van der Waals surface area (Å²) < 4.78 is 23.4. The fourth-order valence-electron chi connectivity index (χ4n) is 4.11. The molecule has 0 spiro atoms. The van der Waals surface area contributed by atoms with Gasteiger partial charge in [-0.15, -0.1) is 0 Å². The normalized spacial score (nSPS) is 27.9. The molecule has 1 saturated carbocycles. The maximum Gasteiger partial charge on any atom is 0.356 e. The largest absolute Gasteiger partial charge is 0.393 e. The molecule has 3 heterocycles. The molecule has 0 radical (unpaired) electrons. The lowest BCUT2D eigenvalue weighted by Gasteiger charge is -2.20. The van der Waals surface area contributed by atoms with Crippen LogP contribution in [0, 0.1) is 0 Å². The van der Waals surface area contributed by atoms with Crippen molar-refractivity contribution in [3.8, 4) is 0 Å². The van der Waals surface area contributed by atoms with Crippen molar-refractivity contribution in [2.45, 2.75) is 62.1 Å². The van der Waals surface area contributed by atoms with Crippen molar-refractivity contribution < 1.29 is 39.1 Å². The number of aliphatic hydroxyl groups excluding tert-OH is 3. The Bertz CT molecular complexity index is 997. The van der Waals surface area contributed by atoms with Crippen molar-refractivity contribution >= 4 is 35.9 Å². The molecule has 1 saturated heterocycles. The molecule has 6 N–H and O–H groups in total. The molecule has 0 aromatic carbocycles. The first-order valence-corrected chi connectivity index (χ1v) is 12.3. The van der Waals surface area contributed by atoms with Gasteiger partial charge in [0.15, 0.2) is 17.7 Å². The predicted molar refractivity (Wildman–Crippen MR) is 113 cm³/mol. The lowest BCUT2D eigenvalue weighted by molar-refractivity contribution is -0.0807. The number of nitrogens with one attached hydrogen (secondary N) is 1. The van der Waals surface area contributed by atoms with E-state index < -0.39 is 51.2 Å².